The lowest BCUT2D eigenvalue weighted by molar-refractivity contribution is 0.911. The second-order valence-corrected chi connectivity index (χ2v) is 8.47. The van der Waals surface area contributed by atoms with E-state index in [2.05, 4.69) is 56.5 Å². The number of rotatable bonds is 5. The van der Waals surface area contributed by atoms with Crippen molar-refractivity contribution in [2.75, 3.05) is 5.01 Å². The van der Waals surface area contributed by atoms with Crippen molar-refractivity contribution >= 4 is 23.7 Å². The molecular weight excluding hydrogens is 436 g/mol. The monoisotopic (exact) mass is 480 g/mol. The molecule has 0 radical (unpaired) electrons. The Bertz CT molecular complexity index is 939. The van der Waals surface area contributed by atoms with Crippen LogP contribution in [-0.4, -0.2) is 0 Å². The average molecular weight is 481 g/mol. The van der Waals surface area contributed by atoms with Gasteiger partial charge in [-0.05, 0) is 87.3 Å². The second kappa shape index (κ2) is 17.7. The Labute approximate surface area is 212 Å². The summed E-state index contributed by atoms with van der Waals surface area (Å²) in [6.45, 7) is 19.3. The molecule has 1 aliphatic carbocycles. The number of hydrogen-bond donors (Lipinski definition) is 3. The summed E-state index contributed by atoms with van der Waals surface area (Å²) in [6, 6.07) is 14.6. The largest absolute Gasteiger partial charge is 0.397 e. The Morgan fingerprint density at radius 3 is 2.09 bits per heavy atom. The molecule has 34 heavy (non-hydrogen) atoms. The van der Waals surface area contributed by atoms with Gasteiger partial charge in [0, 0.05) is 0 Å². The number of fused-ring (bicyclic) bond motifs is 1. The number of anilines is 1. The predicted molar refractivity (Wildman–Crippen MR) is 156 cm³/mol. The highest BCUT2D eigenvalue weighted by molar-refractivity contribution is 8.00. The molecular formula is C29H44N4S. The first-order valence-electron chi connectivity index (χ1n) is 11.7. The van der Waals surface area contributed by atoms with Gasteiger partial charge < -0.3 is 5.73 Å². The van der Waals surface area contributed by atoms with Crippen molar-refractivity contribution < 1.29 is 0 Å². The standard InChI is InChI=1S/C14H19N3.C9H11NS.C4H8.C2H6/c1-3-14(15)10(2)17(16)13-8-7-11-5-4-6-12(11)9-13;1-8-2-4-9(5-3-8)6-7-11-10;1-4(2)3;1-2/h3,7-9H,2,4-6,15-16H2,1H3;2-7H,10H2,1H3;1H2,2-3H3;1-2H3/b14-3+;7-6+;;. The zero-order chi connectivity index (χ0) is 26.1. The molecule has 2 aromatic carbocycles. The molecule has 186 valence electrons. The normalized spacial score (nSPS) is 11.7. The predicted octanol–water partition coefficient (Wildman–Crippen LogP) is 7.41. The van der Waals surface area contributed by atoms with Crippen molar-refractivity contribution in [3.63, 3.8) is 0 Å². The molecule has 0 atom stereocenters. The van der Waals surface area contributed by atoms with Crippen molar-refractivity contribution in [2.45, 2.75) is 60.8 Å². The van der Waals surface area contributed by atoms with Crippen molar-refractivity contribution in [1.29, 1.82) is 0 Å². The summed E-state index contributed by atoms with van der Waals surface area (Å²) in [7, 11) is 0. The maximum Gasteiger partial charge on any atom is 0.0729 e. The summed E-state index contributed by atoms with van der Waals surface area (Å²) >= 11 is 1.22. The third-order valence-electron chi connectivity index (χ3n) is 4.71. The van der Waals surface area contributed by atoms with Gasteiger partial charge >= 0.3 is 0 Å². The summed E-state index contributed by atoms with van der Waals surface area (Å²) in [5, 5.41) is 8.65. The van der Waals surface area contributed by atoms with Gasteiger partial charge in [-0.1, -0.05) is 79.9 Å². The van der Waals surface area contributed by atoms with E-state index in [4.69, 9.17) is 16.7 Å². The van der Waals surface area contributed by atoms with E-state index in [-0.39, 0.29) is 0 Å². The summed E-state index contributed by atoms with van der Waals surface area (Å²) in [5.74, 6) is 6.02. The first-order valence-corrected chi connectivity index (χ1v) is 12.6. The number of nitrogens with two attached hydrogens (primary N) is 3. The Kier molecular flexibility index (Phi) is 16.3. The highest BCUT2D eigenvalue weighted by atomic mass is 32.2. The van der Waals surface area contributed by atoms with Gasteiger partial charge in [0.1, 0.15) is 0 Å². The van der Waals surface area contributed by atoms with Crippen molar-refractivity contribution in [3.05, 3.63) is 106 Å². The maximum absolute atomic E-state index is 6.02. The molecule has 0 saturated carbocycles. The van der Waals surface area contributed by atoms with E-state index in [0.717, 1.165) is 12.1 Å². The smallest absolute Gasteiger partial charge is 0.0729 e. The van der Waals surface area contributed by atoms with E-state index in [0.29, 0.717) is 11.4 Å². The van der Waals surface area contributed by atoms with Crippen LogP contribution in [0.5, 0.6) is 0 Å². The molecule has 0 spiro atoms. The second-order valence-electron chi connectivity index (χ2n) is 7.92. The molecule has 0 amide bonds. The number of nitrogens with zero attached hydrogens (tertiary/aromatic N) is 1. The van der Waals surface area contributed by atoms with Crippen LogP contribution in [0.4, 0.5) is 5.69 Å². The first-order chi connectivity index (χ1) is 16.2. The van der Waals surface area contributed by atoms with Crippen LogP contribution in [0.1, 0.15) is 63.3 Å². The van der Waals surface area contributed by atoms with Crippen molar-refractivity contribution in [3.8, 4) is 0 Å². The minimum absolute atomic E-state index is 0.605. The number of benzene rings is 2. The summed E-state index contributed by atoms with van der Waals surface area (Å²) < 4.78 is 0. The van der Waals surface area contributed by atoms with Gasteiger partial charge in [-0.2, -0.15) is 0 Å². The highest BCUT2D eigenvalue weighted by Crippen LogP contribution is 2.27. The Balaban J connectivity index is 0.000000551. The van der Waals surface area contributed by atoms with Gasteiger partial charge in [0.05, 0.1) is 17.1 Å². The molecule has 0 aliphatic heterocycles. The lowest BCUT2D eigenvalue weighted by Gasteiger charge is -2.22. The summed E-state index contributed by atoms with van der Waals surface area (Å²) in [5.41, 5.74) is 14.5. The van der Waals surface area contributed by atoms with Crippen LogP contribution >= 0.6 is 11.9 Å². The first kappa shape index (κ1) is 31.3. The van der Waals surface area contributed by atoms with Crippen molar-refractivity contribution in [1.82, 2.24) is 0 Å². The van der Waals surface area contributed by atoms with E-state index in [9.17, 15) is 0 Å². The molecule has 0 heterocycles. The maximum atomic E-state index is 6.02. The van der Waals surface area contributed by atoms with Crippen LogP contribution < -0.4 is 21.7 Å². The molecule has 1 aliphatic rings. The molecule has 0 bridgehead atoms. The SMILES string of the molecule is C=C(/C(N)=C\C)N(N)c1ccc2c(c1)CCC2.C=C(C)C.CC.Cc1ccc(/C=C/SN)cc1. The van der Waals surface area contributed by atoms with Crippen LogP contribution in [-0.2, 0) is 12.8 Å². The van der Waals surface area contributed by atoms with Gasteiger partial charge in [0.15, 0.2) is 0 Å². The van der Waals surface area contributed by atoms with Crippen LogP contribution in [0.3, 0.4) is 0 Å². The van der Waals surface area contributed by atoms with E-state index in [1.807, 2.05) is 52.2 Å². The number of allylic oxidation sites excluding steroid dienone is 2. The van der Waals surface area contributed by atoms with Gasteiger partial charge in [0.25, 0.3) is 0 Å². The quantitative estimate of drug-likeness (QED) is 0.136. The summed E-state index contributed by atoms with van der Waals surface area (Å²) in [6.07, 6.45) is 7.35. The van der Waals surface area contributed by atoms with Crippen LogP contribution in [0, 0.1) is 6.92 Å². The highest BCUT2D eigenvalue weighted by Gasteiger charge is 2.14. The van der Waals surface area contributed by atoms with E-state index in [1.54, 1.807) is 11.1 Å². The number of hydrazine groups is 1. The fourth-order valence-corrected chi connectivity index (χ4v) is 3.20. The molecule has 2 aromatic rings. The van der Waals surface area contributed by atoms with Crippen LogP contribution in [0.2, 0.25) is 0 Å². The molecule has 3 rings (SSSR count). The topological polar surface area (TPSA) is 81.3 Å². The molecule has 0 aromatic heterocycles. The molecule has 4 nitrogen and oxygen atoms in total. The van der Waals surface area contributed by atoms with E-state index in [1.165, 1.54) is 52.6 Å². The lowest BCUT2D eigenvalue weighted by atomic mass is 10.1. The Hall–Kier alpha value is -2.73. The minimum Gasteiger partial charge on any atom is -0.397 e. The molecule has 0 unspecified atom stereocenters. The van der Waals surface area contributed by atoms with Crippen LogP contribution in [0.25, 0.3) is 6.08 Å². The molecule has 0 saturated heterocycles. The van der Waals surface area contributed by atoms with E-state index < -0.39 is 0 Å². The third-order valence-corrected chi connectivity index (χ3v) is 5.00. The number of aryl methyl sites for hydroxylation is 3. The average Bonchev–Trinajstić information content (AvgIpc) is 3.31. The zero-order valence-corrected chi connectivity index (χ0v) is 22.7. The Morgan fingerprint density at radius 2 is 1.56 bits per heavy atom. The minimum atomic E-state index is 0.605. The summed E-state index contributed by atoms with van der Waals surface area (Å²) in [4.78, 5) is 0. The van der Waals surface area contributed by atoms with Gasteiger partial charge in [-0.25, -0.2) is 5.84 Å². The third kappa shape index (κ3) is 11.9. The zero-order valence-electron chi connectivity index (χ0n) is 21.9. The van der Waals surface area contributed by atoms with Gasteiger partial charge in [-0.15, -0.1) is 6.58 Å². The van der Waals surface area contributed by atoms with E-state index >= 15 is 0 Å². The number of hydrogen-bond acceptors (Lipinski definition) is 5. The molecule has 6 N–H and O–H groups in total. The van der Waals surface area contributed by atoms with Gasteiger partial charge in [-0.3, -0.25) is 10.1 Å². The fourth-order valence-electron chi connectivity index (χ4n) is 2.97. The van der Waals surface area contributed by atoms with Crippen LogP contribution in [0.15, 0.2) is 84.1 Å². The molecule has 5 heteroatoms. The molecule has 0 fully saturated rings. The van der Waals surface area contributed by atoms with Gasteiger partial charge in [0.2, 0.25) is 0 Å². The fraction of sp³-hybridized carbons (Fsp3) is 0.310. The lowest BCUT2D eigenvalue weighted by Crippen LogP contribution is -2.32. The van der Waals surface area contributed by atoms with Crippen molar-refractivity contribution in [2.24, 2.45) is 16.7 Å². The Morgan fingerprint density at radius 1 is 1.00 bits per heavy atom.